The highest BCUT2D eigenvalue weighted by Gasteiger charge is 2.14. The smallest absolute Gasteiger partial charge is 0.304 e. The molecule has 21 heavy (non-hydrogen) atoms. The summed E-state index contributed by atoms with van der Waals surface area (Å²) in [4.78, 5) is 16.4. The van der Waals surface area contributed by atoms with Gasteiger partial charge in [0.25, 0.3) is 0 Å². The summed E-state index contributed by atoms with van der Waals surface area (Å²) in [6.45, 7) is 7.72. The first-order valence-electron chi connectivity index (χ1n) is 7.56. The molecule has 1 aromatic carbocycles. The van der Waals surface area contributed by atoms with Gasteiger partial charge in [0.1, 0.15) is 0 Å². The zero-order chi connectivity index (χ0) is 15.4. The van der Waals surface area contributed by atoms with Crippen LogP contribution in [0.25, 0.3) is 10.9 Å². The molecule has 0 atom stereocenters. The molecule has 114 valence electrons. The number of fused-ring (bicyclic) bond motifs is 1. The van der Waals surface area contributed by atoms with Crippen LogP contribution in [-0.2, 0) is 17.8 Å². The molecule has 2 rings (SSSR count). The topological polar surface area (TPSA) is 56.3 Å². The molecule has 0 saturated carbocycles. The molecule has 0 spiro atoms. The van der Waals surface area contributed by atoms with Crippen molar-refractivity contribution in [2.45, 2.75) is 46.2 Å². The normalized spacial score (nSPS) is 11.7. The number of H-pyrrole nitrogens is 1. The Morgan fingerprint density at radius 1 is 1.33 bits per heavy atom. The average Bonchev–Trinajstić information content (AvgIpc) is 2.85. The van der Waals surface area contributed by atoms with Gasteiger partial charge in [-0.15, -0.1) is 0 Å². The van der Waals surface area contributed by atoms with Crippen LogP contribution in [0.2, 0.25) is 0 Å². The Morgan fingerprint density at radius 3 is 2.71 bits per heavy atom. The number of carbonyl (C=O) groups is 1. The fourth-order valence-electron chi connectivity index (χ4n) is 2.68. The Morgan fingerprint density at radius 2 is 2.10 bits per heavy atom. The number of hydrogen-bond donors (Lipinski definition) is 2. The van der Waals surface area contributed by atoms with E-state index in [-0.39, 0.29) is 6.42 Å². The van der Waals surface area contributed by atoms with Gasteiger partial charge in [-0.1, -0.05) is 25.1 Å². The van der Waals surface area contributed by atoms with E-state index in [1.54, 1.807) is 0 Å². The average molecular weight is 288 g/mol. The molecule has 2 aromatic rings. The fourth-order valence-corrected chi connectivity index (χ4v) is 2.68. The molecule has 0 aliphatic rings. The van der Waals surface area contributed by atoms with Crippen molar-refractivity contribution in [1.29, 1.82) is 0 Å². The molecule has 0 saturated heterocycles. The maximum atomic E-state index is 10.8. The highest BCUT2D eigenvalue weighted by molar-refractivity contribution is 5.86. The van der Waals surface area contributed by atoms with Gasteiger partial charge in [-0.3, -0.25) is 9.69 Å². The minimum atomic E-state index is -0.743. The SMILES string of the molecule is CCc1cccc2c(CN(CCC(=O)O)C(C)C)c[nH]c12. The number of aryl methyl sites for hydroxylation is 1. The van der Waals surface area contributed by atoms with E-state index in [0.29, 0.717) is 12.6 Å². The Balaban J connectivity index is 2.22. The Labute approximate surface area is 125 Å². The minimum absolute atomic E-state index is 0.181. The monoisotopic (exact) mass is 288 g/mol. The van der Waals surface area contributed by atoms with Crippen LogP contribution in [0.15, 0.2) is 24.4 Å². The summed E-state index contributed by atoms with van der Waals surface area (Å²) < 4.78 is 0. The van der Waals surface area contributed by atoms with Crippen LogP contribution in [0.1, 0.15) is 38.3 Å². The molecule has 0 aliphatic heterocycles. The molecule has 2 N–H and O–H groups in total. The maximum Gasteiger partial charge on any atom is 0.304 e. The number of benzene rings is 1. The predicted octanol–water partition coefficient (Wildman–Crippen LogP) is 3.42. The third kappa shape index (κ3) is 3.64. The van der Waals surface area contributed by atoms with E-state index >= 15 is 0 Å². The highest BCUT2D eigenvalue weighted by Crippen LogP contribution is 2.24. The molecule has 0 amide bonds. The van der Waals surface area contributed by atoms with Crippen LogP contribution in [0.5, 0.6) is 0 Å². The van der Waals surface area contributed by atoms with Crippen molar-refractivity contribution in [2.75, 3.05) is 6.54 Å². The number of aromatic amines is 1. The summed E-state index contributed by atoms with van der Waals surface area (Å²) in [5.74, 6) is -0.743. The second kappa shape index (κ2) is 6.76. The van der Waals surface area contributed by atoms with Gasteiger partial charge in [-0.05, 0) is 31.4 Å². The van der Waals surface area contributed by atoms with Gasteiger partial charge in [0.05, 0.1) is 6.42 Å². The number of hydrogen-bond acceptors (Lipinski definition) is 2. The molecular formula is C17H24N2O2. The number of nitrogens with one attached hydrogen (secondary N) is 1. The zero-order valence-corrected chi connectivity index (χ0v) is 13.0. The zero-order valence-electron chi connectivity index (χ0n) is 13.0. The lowest BCUT2D eigenvalue weighted by Crippen LogP contribution is -2.32. The number of aliphatic carboxylic acids is 1. The molecular weight excluding hydrogens is 264 g/mol. The van der Waals surface area contributed by atoms with Crippen molar-refractivity contribution in [1.82, 2.24) is 9.88 Å². The van der Waals surface area contributed by atoms with Crippen molar-refractivity contribution in [3.8, 4) is 0 Å². The summed E-state index contributed by atoms with van der Waals surface area (Å²) in [6, 6.07) is 6.70. The lowest BCUT2D eigenvalue weighted by molar-refractivity contribution is -0.137. The van der Waals surface area contributed by atoms with Gasteiger partial charge in [0.2, 0.25) is 0 Å². The number of nitrogens with zero attached hydrogens (tertiary/aromatic N) is 1. The van der Waals surface area contributed by atoms with Crippen LogP contribution < -0.4 is 0 Å². The maximum absolute atomic E-state index is 10.8. The summed E-state index contributed by atoms with van der Waals surface area (Å²) in [6.07, 6.45) is 3.24. The van der Waals surface area contributed by atoms with E-state index in [0.717, 1.165) is 13.0 Å². The summed E-state index contributed by atoms with van der Waals surface area (Å²) in [5, 5.41) is 10.1. The summed E-state index contributed by atoms with van der Waals surface area (Å²) in [7, 11) is 0. The Bertz CT molecular complexity index is 616. The number of rotatable bonds is 7. The van der Waals surface area contributed by atoms with Crippen LogP contribution in [0.3, 0.4) is 0 Å². The molecule has 0 aliphatic carbocycles. The van der Waals surface area contributed by atoms with Crippen LogP contribution in [-0.4, -0.2) is 33.5 Å². The Kier molecular flexibility index (Phi) is 5.02. The molecule has 0 radical (unpaired) electrons. The van der Waals surface area contributed by atoms with Crippen molar-refractivity contribution in [3.63, 3.8) is 0 Å². The minimum Gasteiger partial charge on any atom is -0.481 e. The van der Waals surface area contributed by atoms with Crippen molar-refractivity contribution >= 4 is 16.9 Å². The lowest BCUT2D eigenvalue weighted by atomic mass is 10.1. The van der Waals surface area contributed by atoms with Gasteiger partial charge in [0, 0.05) is 36.2 Å². The van der Waals surface area contributed by atoms with Crippen molar-refractivity contribution < 1.29 is 9.90 Å². The van der Waals surface area contributed by atoms with Gasteiger partial charge in [-0.2, -0.15) is 0 Å². The molecule has 1 aromatic heterocycles. The standard InChI is InChI=1S/C17H24N2O2/c1-4-13-6-5-7-15-14(10-18-17(13)15)11-19(12(2)3)9-8-16(20)21/h5-7,10,12,18H,4,8-9,11H2,1-3H3,(H,20,21). The van der Waals surface area contributed by atoms with E-state index in [4.69, 9.17) is 5.11 Å². The number of aromatic nitrogens is 1. The molecule has 4 nitrogen and oxygen atoms in total. The summed E-state index contributed by atoms with van der Waals surface area (Å²) >= 11 is 0. The number of carboxylic acid groups (broad SMARTS) is 1. The van der Waals surface area contributed by atoms with E-state index in [1.807, 2.05) is 0 Å². The van der Waals surface area contributed by atoms with E-state index in [1.165, 1.54) is 22.0 Å². The molecule has 0 bridgehead atoms. The number of para-hydroxylation sites is 1. The van der Waals surface area contributed by atoms with Crippen molar-refractivity contribution in [3.05, 3.63) is 35.5 Å². The van der Waals surface area contributed by atoms with Gasteiger partial charge in [-0.25, -0.2) is 0 Å². The highest BCUT2D eigenvalue weighted by atomic mass is 16.4. The van der Waals surface area contributed by atoms with E-state index < -0.39 is 5.97 Å². The fraction of sp³-hybridized carbons (Fsp3) is 0.471. The van der Waals surface area contributed by atoms with Gasteiger partial charge in [0.15, 0.2) is 0 Å². The van der Waals surface area contributed by atoms with Gasteiger partial charge < -0.3 is 10.1 Å². The molecule has 4 heteroatoms. The first-order valence-corrected chi connectivity index (χ1v) is 7.56. The second-order valence-corrected chi connectivity index (χ2v) is 5.72. The molecule has 1 heterocycles. The summed E-state index contributed by atoms with van der Waals surface area (Å²) in [5.41, 5.74) is 3.76. The largest absolute Gasteiger partial charge is 0.481 e. The van der Waals surface area contributed by atoms with Crippen LogP contribution >= 0.6 is 0 Å². The van der Waals surface area contributed by atoms with Crippen LogP contribution in [0.4, 0.5) is 0 Å². The van der Waals surface area contributed by atoms with Gasteiger partial charge >= 0.3 is 5.97 Å². The lowest BCUT2D eigenvalue weighted by Gasteiger charge is -2.25. The third-order valence-corrected chi connectivity index (χ3v) is 3.98. The first kappa shape index (κ1) is 15.6. The third-order valence-electron chi connectivity index (χ3n) is 3.98. The quantitative estimate of drug-likeness (QED) is 0.821. The molecule has 0 fully saturated rings. The number of carboxylic acids is 1. The second-order valence-electron chi connectivity index (χ2n) is 5.72. The van der Waals surface area contributed by atoms with E-state index in [2.05, 4.69) is 55.1 Å². The predicted molar refractivity (Wildman–Crippen MR) is 85.5 cm³/mol. The molecule has 0 unspecified atom stereocenters. The first-order chi connectivity index (χ1) is 10.0. The van der Waals surface area contributed by atoms with E-state index in [9.17, 15) is 4.79 Å². The van der Waals surface area contributed by atoms with Crippen LogP contribution in [0, 0.1) is 0 Å². The Hall–Kier alpha value is -1.81. The van der Waals surface area contributed by atoms with Crippen molar-refractivity contribution in [2.24, 2.45) is 0 Å².